The Morgan fingerprint density at radius 1 is 1.67 bits per heavy atom. The number of nitrogens with zero attached hydrogens (tertiary/aromatic N) is 1. The van der Waals surface area contributed by atoms with Crippen molar-refractivity contribution in [1.82, 2.24) is 4.98 Å². The summed E-state index contributed by atoms with van der Waals surface area (Å²) in [5.41, 5.74) is -0.599. The Hall–Kier alpha value is -0.500. The number of aromatic nitrogens is 1. The lowest BCUT2D eigenvalue weighted by atomic mass is 10.2. The summed E-state index contributed by atoms with van der Waals surface area (Å²) < 4.78 is 30.1. The van der Waals surface area contributed by atoms with Crippen molar-refractivity contribution in [2.45, 2.75) is 6.43 Å². The lowest BCUT2D eigenvalue weighted by Crippen LogP contribution is -2.03. The molecule has 0 fully saturated rings. The monoisotopic (exact) mass is 347 g/mol. The molecule has 1 aromatic rings. The molecule has 7 heteroatoms. The van der Waals surface area contributed by atoms with Gasteiger partial charge in [-0.1, -0.05) is 0 Å². The number of halogens is 4. The van der Waals surface area contributed by atoms with E-state index in [-0.39, 0.29) is 20.7 Å². The van der Waals surface area contributed by atoms with E-state index in [1.165, 1.54) is 7.11 Å². The first-order valence-corrected chi connectivity index (χ1v) is 5.15. The van der Waals surface area contributed by atoms with Gasteiger partial charge >= 0.3 is 0 Å². The summed E-state index contributed by atoms with van der Waals surface area (Å²) in [6.07, 6.45) is -2.74. The number of methoxy groups -OCH3 is 1. The molecule has 0 atom stereocenters. The second-order valence-electron chi connectivity index (χ2n) is 2.50. The van der Waals surface area contributed by atoms with Crippen LogP contribution in [0.15, 0.2) is 6.07 Å². The van der Waals surface area contributed by atoms with Crippen molar-refractivity contribution >= 4 is 39.4 Å². The van der Waals surface area contributed by atoms with Gasteiger partial charge in [0.05, 0.1) is 12.7 Å². The average molecular weight is 347 g/mol. The zero-order valence-electron chi connectivity index (χ0n) is 7.43. The van der Waals surface area contributed by atoms with Crippen LogP contribution < -0.4 is 4.74 Å². The van der Waals surface area contributed by atoms with Crippen LogP contribution in [-0.2, 0) is 0 Å². The van der Waals surface area contributed by atoms with Gasteiger partial charge in [0.1, 0.15) is 9.39 Å². The normalized spacial score (nSPS) is 10.5. The summed E-state index contributed by atoms with van der Waals surface area (Å²) in [6, 6.07) is 0.932. The van der Waals surface area contributed by atoms with Crippen LogP contribution in [0.2, 0.25) is 0 Å². The predicted octanol–water partition coefficient (Wildman–Crippen LogP) is 3.01. The van der Waals surface area contributed by atoms with Gasteiger partial charge in [-0.05, 0) is 40.3 Å². The molecule has 0 N–H and O–H groups in total. The fourth-order valence-electron chi connectivity index (χ4n) is 0.986. The number of pyridine rings is 1. The molecule has 0 aliphatic heterocycles. The van der Waals surface area contributed by atoms with Crippen LogP contribution in [0.25, 0.3) is 0 Å². The Bertz CT molecular complexity index is 400. The van der Waals surface area contributed by atoms with Gasteiger partial charge in [-0.2, -0.15) is 0 Å². The molecule has 0 spiro atoms. The van der Waals surface area contributed by atoms with Crippen molar-refractivity contribution in [3.63, 3.8) is 0 Å². The maximum atomic E-state index is 12.6. The minimum atomic E-state index is -2.74. The van der Waals surface area contributed by atoms with E-state index in [1.807, 2.05) is 0 Å². The van der Waals surface area contributed by atoms with Gasteiger partial charge in [0.25, 0.3) is 11.7 Å². The highest BCUT2D eigenvalue weighted by atomic mass is 127. The number of alkyl halides is 2. The van der Waals surface area contributed by atoms with Gasteiger partial charge in [-0.25, -0.2) is 13.8 Å². The van der Waals surface area contributed by atoms with E-state index in [4.69, 9.17) is 16.3 Å². The highest BCUT2D eigenvalue weighted by Crippen LogP contribution is 2.32. The van der Waals surface area contributed by atoms with Gasteiger partial charge in [-0.15, -0.1) is 0 Å². The molecule has 0 radical (unpaired) electrons. The van der Waals surface area contributed by atoms with Crippen molar-refractivity contribution < 1.29 is 18.3 Å². The smallest absolute Gasteiger partial charge is 0.270 e. The molecule has 0 bridgehead atoms. The second-order valence-corrected chi connectivity index (χ2v) is 3.86. The molecule has 0 aliphatic rings. The number of ether oxygens (including phenoxy) is 1. The molecule has 1 rings (SSSR count). The fourth-order valence-corrected chi connectivity index (χ4v) is 1.87. The largest absolute Gasteiger partial charge is 0.493 e. The minimum absolute atomic E-state index is 0.0349. The van der Waals surface area contributed by atoms with Crippen molar-refractivity contribution in [1.29, 1.82) is 0 Å². The summed E-state index contributed by atoms with van der Waals surface area (Å²) in [4.78, 5) is 14.5. The van der Waals surface area contributed by atoms with E-state index in [9.17, 15) is 13.6 Å². The van der Waals surface area contributed by atoms with Crippen molar-refractivity contribution in [2.24, 2.45) is 0 Å². The van der Waals surface area contributed by atoms with Gasteiger partial charge in [-0.3, -0.25) is 4.79 Å². The third-order valence-corrected chi connectivity index (χ3v) is 2.53. The van der Waals surface area contributed by atoms with E-state index in [0.717, 1.165) is 6.07 Å². The molecule has 1 aromatic heterocycles. The Morgan fingerprint density at radius 3 is 2.67 bits per heavy atom. The molecular formula is C8H5ClF2INO2. The van der Waals surface area contributed by atoms with E-state index in [0.29, 0.717) is 0 Å². The van der Waals surface area contributed by atoms with Gasteiger partial charge < -0.3 is 4.74 Å². The van der Waals surface area contributed by atoms with E-state index >= 15 is 0 Å². The number of carbonyl (C=O) groups excluding carboxylic acids is 1. The number of hydrogen-bond acceptors (Lipinski definition) is 3. The van der Waals surface area contributed by atoms with Crippen LogP contribution in [0, 0.1) is 3.70 Å². The first kappa shape index (κ1) is 12.6. The van der Waals surface area contributed by atoms with E-state index < -0.39 is 11.7 Å². The van der Waals surface area contributed by atoms with Gasteiger partial charge in [0.15, 0.2) is 5.75 Å². The Morgan fingerprint density at radius 2 is 2.27 bits per heavy atom. The molecule has 3 nitrogen and oxygen atoms in total. The fraction of sp³-hybridized carbons (Fsp3) is 0.250. The van der Waals surface area contributed by atoms with Crippen molar-refractivity contribution in [3.8, 4) is 5.75 Å². The average Bonchev–Trinajstić information content (AvgIpc) is 2.16. The molecule has 0 saturated carbocycles. The second kappa shape index (κ2) is 5.02. The lowest BCUT2D eigenvalue weighted by Gasteiger charge is -2.09. The first-order valence-electron chi connectivity index (χ1n) is 3.69. The molecule has 0 saturated heterocycles. The molecule has 0 amide bonds. The Balaban J connectivity index is 3.38. The number of carbonyl (C=O) groups is 1. The summed E-state index contributed by atoms with van der Waals surface area (Å²) in [6.45, 7) is 0. The maximum absolute atomic E-state index is 12.6. The minimum Gasteiger partial charge on any atom is -0.493 e. The van der Waals surface area contributed by atoms with Crippen LogP contribution in [0.3, 0.4) is 0 Å². The summed E-state index contributed by atoms with van der Waals surface area (Å²) in [5.74, 6) is -0.0349. The van der Waals surface area contributed by atoms with Crippen LogP contribution in [0.4, 0.5) is 8.78 Å². The van der Waals surface area contributed by atoms with Crippen molar-refractivity contribution in [2.75, 3.05) is 7.11 Å². The SMILES string of the molecule is COc1c(C(F)F)cc(C(=O)Cl)nc1I. The number of hydrogen-bond donors (Lipinski definition) is 0. The molecule has 1 heterocycles. The van der Waals surface area contributed by atoms with E-state index in [1.54, 1.807) is 22.6 Å². The quantitative estimate of drug-likeness (QED) is 0.479. The summed E-state index contributed by atoms with van der Waals surface area (Å²) in [7, 11) is 1.26. The molecular weight excluding hydrogens is 342 g/mol. The molecule has 0 aliphatic carbocycles. The van der Waals surface area contributed by atoms with Crippen molar-refractivity contribution in [3.05, 3.63) is 21.0 Å². The van der Waals surface area contributed by atoms with E-state index in [2.05, 4.69) is 4.98 Å². The highest BCUT2D eigenvalue weighted by Gasteiger charge is 2.20. The van der Waals surface area contributed by atoms with Gasteiger partial charge in [0.2, 0.25) is 0 Å². The molecule has 82 valence electrons. The standard InChI is InChI=1S/C8H5ClF2INO2/c1-15-5-3(7(10)11)2-4(6(9)14)13-8(5)12/h2,7H,1H3. The summed E-state index contributed by atoms with van der Waals surface area (Å²) >= 11 is 6.85. The third kappa shape index (κ3) is 2.75. The Labute approximate surface area is 103 Å². The predicted molar refractivity (Wildman–Crippen MR) is 58.6 cm³/mol. The molecule has 0 aromatic carbocycles. The maximum Gasteiger partial charge on any atom is 0.270 e. The highest BCUT2D eigenvalue weighted by molar-refractivity contribution is 14.1. The lowest BCUT2D eigenvalue weighted by molar-refractivity contribution is 0.107. The van der Waals surface area contributed by atoms with Crippen LogP contribution in [0.1, 0.15) is 22.5 Å². The van der Waals surface area contributed by atoms with Crippen LogP contribution in [-0.4, -0.2) is 17.3 Å². The van der Waals surface area contributed by atoms with Crippen LogP contribution >= 0.6 is 34.2 Å². The molecule has 15 heavy (non-hydrogen) atoms. The topological polar surface area (TPSA) is 39.2 Å². The first-order chi connectivity index (χ1) is 6.97. The summed E-state index contributed by atoms with van der Waals surface area (Å²) in [5, 5.41) is -0.877. The van der Waals surface area contributed by atoms with Gasteiger partial charge in [0, 0.05) is 0 Å². The number of rotatable bonds is 3. The Kier molecular flexibility index (Phi) is 4.21. The third-order valence-electron chi connectivity index (χ3n) is 1.60. The molecule has 0 unspecified atom stereocenters. The zero-order chi connectivity index (χ0) is 11.6. The van der Waals surface area contributed by atoms with Crippen LogP contribution in [0.5, 0.6) is 5.75 Å². The zero-order valence-corrected chi connectivity index (χ0v) is 10.3.